The molecule has 0 bridgehead atoms. The van der Waals surface area contributed by atoms with Crippen molar-refractivity contribution in [1.29, 1.82) is 0 Å². The maximum atomic E-state index is 13.7. The maximum Gasteiger partial charge on any atom is 0.277 e. The van der Waals surface area contributed by atoms with E-state index in [1.807, 2.05) is 31.2 Å². The monoisotopic (exact) mass is 445 g/mol. The Hall–Kier alpha value is -2.96. The third-order valence-electron chi connectivity index (χ3n) is 7.13. The fraction of sp³-hybridized carbons (Fsp3) is 0.407. The fourth-order valence-electron chi connectivity index (χ4n) is 4.97. The summed E-state index contributed by atoms with van der Waals surface area (Å²) in [5.41, 5.74) is 6.78. The molecule has 0 radical (unpaired) electrons. The first-order chi connectivity index (χ1) is 16.0. The van der Waals surface area contributed by atoms with Crippen LogP contribution in [0.3, 0.4) is 0 Å². The molecule has 3 aliphatic rings. The SMILES string of the molecule is Cc1ccc(C2=C(N3CCc4ccccc4C3)C(=O)N(CCN3CCOCC3)C2=O)cc1C. The van der Waals surface area contributed by atoms with E-state index >= 15 is 0 Å². The van der Waals surface area contributed by atoms with Crippen LogP contribution in [0.5, 0.6) is 0 Å². The first-order valence-corrected chi connectivity index (χ1v) is 11.8. The normalized spacial score (nSPS) is 19.5. The van der Waals surface area contributed by atoms with E-state index in [0.29, 0.717) is 44.1 Å². The second kappa shape index (κ2) is 9.12. The molecule has 5 rings (SSSR count). The molecule has 0 saturated carbocycles. The summed E-state index contributed by atoms with van der Waals surface area (Å²) in [5, 5.41) is 0. The van der Waals surface area contributed by atoms with Gasteiger partial charge < -0.3 is 9.64 Å². The van der Waals surface area contributed by atoms with Gasteiger partial charge in [0.05, 0.1) is 18.8 Å². The van der Waals surface area contributed by atoms with Crippen molar-refractivity contribution >= 4 is 17.4 Å². The molecule has 0 unspecified atom stereocenters. The van der Waals surface area contributed by atoms with Gasteiger partial charge in [0.2, 0.25) is 0 Å². The van der Waals surface area contributed by atoms with Crippen LogP contribution in [0.25, 0.3) is 5.57 Å². The number of imide groups is 1. The highest BCUT2D eigenvalue weighted by Crippen LogP contribution is 2.35. The largest absolute Gasteiger partial charge is 0.379 e. The number of benzene rings is 2. The van der Waals surface area contributed by atoms with Gasteiger partial charge in [0.25, 0.3) is 11.8 Å². The fourth-order valence-corrected chi connectivity index (χ4v) is 4.97. The van der Waals surface area contributed by atoms with E-state index in [4.69, 9.17) is 4.74 Å². The maximum absolute atomic E-state index is 13.7. The van der Waals surface area contributed by atoms with Gasteiger partial charge in [-0.2, -0.15) is 0 Å². The summed E-state index contributed by atoms with van der Waals surface area (Å²) >= 11 is 0. The van der Waals surface area contributed by atoms with Gasteiger partial charge in [-0.25, -0.2) is 0 Å². The molecule has 2 aromatic carbocycles. The zero-order valence-electron chi connectivity index (χ0n) is 19.5. The molecule has 3 heterocycles. The van der Waals surface area contributed by atoms with E-state index in [0.717, 1.165) is 37.2 Å². The Morgan fingerprint density at radius 1 is 0.848 bits per heavy atom. The Morgan fingerprint density at radius 2 is 1.61 bits per heavy atom. The molecule has 6 nitrogen and oxygen atoms in total. The van der Waals surface area contributed by atoms with Crippen LogP contribution in [-0.4, -0.2) is 72.5 Å². The van der Waals surface area contributed by atoms with Gasteiger partial charge in [-0.3, -0.25) is 19.4 Å². The Labute approximate surface area is 195 Å². The van der Waals surface area contributed by atoms with E-state index in [-0.39, 0.29) is 11.8 Å². The lowest BCUT2D eigenvalue weighted by Crippen LogP contribution is -2.44. The minimum Gasteiger partial charge on any atom is -0.379 e. The smallest absolute Gasteiger partial charge is 0.277 e. The summed E-state index contributed by atoms with van der Waals surface area (Å²) in [6.07, 6.45) is 0.870. The zero-order chi connectivity index (χ0) is 22.9. The average Bonchev–Trinajstić information content (AvgIpc) is 3.09. The lowest BCUT2D eigenvalue weighted by atomic mass is 9.96. The Bertz CT molecular complexity index is 1120. The van der Waals surface area contributed by atoms with E-state index in [1.165, 1.54) is 21.6 Å². The molecule has 1 fully saturated rings. The van der Waals surface area contributed by atoms with Gasteiger partial charge in [0.1, 0.15) is 5.70 Å². The van der Waals surface area contributed by atoms with Crippen LogP contribution in [0.2, 0.25) is 0 Å². The van der Waals surface area contributed by atoms with Crippen molar-refractivity contribution in [3.8, 4) is 0 Å². The number of aryl methyl sites for hydroxylation is 2. The molecule has 3 aliphatic heterocycles. The molecule has 0 N–H and O–H groups in total. The van der Waals surface area contributed by atoms with Crippen LogP contribution >= 0.6 is 0 Å². The standard InChI is InChI=1S/C27H31N3O3/c1-19-7-8-22(17-20(19)2)24-25(29-10-9-21-5-3-4-6-23(21)18-29)27(32)30(26(24)31)12-11-28-13-15-33-16-14-28/h3-8,17H,9-16,18H2,1-2H3. The molecule has 1 saturated heterocycles. The van der Waals surface area contributed by atoms with Crippen LogP contribution < -0.4 is 0 Å². The van der Waals surface area contributed by atoms with Crippen molar-refractivity contribution in [2.45, 2.75) is 26.8 Å². The molecule has 0 aliphatic carbocycles. The number of hydrogen-bond donors (Lipinski definition) is 0. The van der Waals surface area contributed by atoms with E-state index < -0.39 is 0 Å². The average molecular weight is 446 g/mol. The number of rotatable bonds is 5. The first kappa shape index (κ1) is 21.9. The van der Waals surface area contributed by atoms with Gasteiger partial charge in [-0.1, -0.05) is 42.5 Å². The third kappa shape index (κ3) is 4.21. The van der Waals surface area contributed by atoms with Crippen molar-refractivity contribution in [2.24, 2.45) is 0 Å². The Balaban J connectivity index is 1.48. The lowest BCUT2D eigenvalue weighted by molar-refractivity contribution is -0.138. The number of ether oxygens (including phenoxy) is 1. The molecule has 0 spiro atoms. The van der Waals surface area contributed by atoms with Gasteiger partial charge >= 0.3 is 0 Å². The number of hydrogen-bond acceptors (Lipinski definition) is 5. The van der Waals surface area contributed by atoms with Crippen molar-refractivity contribution < 1.29 is 14.3 Å². The summed E-state index contributed by atoms with van der Waals surface area (Å²) in [5.74, 6) is -0.341. The van der Waals surface area contributed by atoms with Crippen molar-refractivity contribution in [3.05, 3.63) is 76.0 Å². The van der Waals surface area contributed by atoms with Crippen LogP contribution in [0, 0.1) is 13.8 Å². The Morgan fingerprint density at radius 3 is 2.36 bits per heavy atom. The van der Waals surface area contributed by atoms with Crippen LogP contribution in [0.4, 0.5) is 0 Å². The predicted octanol–water partition coefficient (Wildman–Crippen LogP) is 2.77. The quantitative estimate of drug-likeness (QED) is 0.663. The van der Waals surface area contributed by atoms with Crippen molar-refractivity contribution in [3.63, 3.8) is 0 Å². The highest BCUT2D eigenvalue weighted by molar-refractivity contribution is 6.35. The minimum atomic E-state index is -0.176. The predicted molar refractivity (Wildman–Crippen MR) is 127 cm³/mol. The van der Waals surface area contributed by atoms with Gasteiger partial charge in [0, 0.05) is 39.3 Å². The topological polar surface area (TPSA) is 53.1 Å². The van der Waals surface area contributed by atoms with E-state index in [2.05, 4.69) is 34.9 Å². The molecule has 2 aromatic rings. The molecular formula is C27H31N3O3. The molecule has 0 atom stereocenters. The molecule has 2 amide bonds. The summed E-state index contributed by atoms with van der Waals surface area (Å²) in [4.78, 5) is 33.2. The van der Waals surface area contributed by atoms with E-state index in [9.17, 15) is 9.59 Å². The summed E-state index contributed by atoms with van der Waals surface area (Å²) in [7, 11) is 0. The highest BCUT2D eigenvalue weighted by Gasteiger charge is 2.42. The van der Waals surface area contributed by atoms with E-state index in [1.54, 1.807) is 0 Å². The van der Waals surface area contributed by atoms with Crippen LogP contribution in [0.15, 0.2) is 48.2 Å². The number of fused-ring (bicyclic) bond motifs is 1. The molecule has 0 aromatic heterocycles. The minimum absolute atomic E-state index is 0.166. The van der Waals surface area contributed by atoms with Gasteiger partial charge in [-0.15, -0.1) is 0 Å². The first-order valence-electron chi connectivity index (χ1n) is 11.8. The molecule has 172 valence electrons. The number of carbonyl (C=O) groups excluding carboxylic acids is 2. The molecule has 6 heteroatoms. The highest BCUT2D eigenvalue weighted by atomic mass is 16.5. The van der Waals surface area contributed by atoms with Crippen molar-refractivity contribution in [2.75, 3.05) is 45.9 Å². The third-order valence-corrected chi connectivity index (χ3v) is 7.13. The molecular weight excluding hydrogens is 414 g/mol. The Kier molecular flexibility index (Phi) is 6.04. The van der Waals surface area contributed by atoms with Crippen LogP contribution in [-0.2, 0) is 27.3 Å². The zero-order valence-corrected chi connectivity index (χ0v) is 19.5. The van der Waals surface area contributed by atoms with Crippen molar-refractivity contribution in [1.82, 2.24) is 14.7 Å². The van der Waals surface area contributed by atoms with Crippen LogP contribution in [0.1, 0.15) is 27.8 Å². The lowest BCUT2D eigenvalue weighted by Gasteiger charge is -2.32. The molecule has 33 heavy (non-hydrogen) atoms. The van der Waals surface area contributed by atoms with Gasteiger partial charge in [-0.05, 0) is 48.1 Å². The second-order valence-electron chi connectivity index (χ2n) is 9.18. The van der Waals surface area contributed by atoms with Gasteiger partial charge in [0.15, 0.2) is 0 Å². The summed E-state index contributed by atoms with van der Waals surface area (Å²) < 4.78 is 5.43. The number of nitrogens with zero attached hydrogens (tertiary/aromatic N) is 3. The number of morpholine rings is 1. The number of carbonyl (C=O) groups is 2. The summed E-state index contributed by atoms with van der Waals surface area (Å²) in [6.45, 7) is 9.65. The second-order valence-corrected chi connectivity index (χ2v) is 9.18. The number of amides is 2. The summed E-state index contributed by atoms with van der Waals surface area (Å²) in [6, 6.07) is 14.4.